The smallest absolute Gasteiger partial charge is 0.414 e. The highest BCUT2D eigenvalue weighted by molar-refractivity contribution is 5.90. The molecule has 4 atom stereocenters. The Morgan fingerprint density at radius 1 is 1.14 bits per heavy atom. The summed E-state index contributed by atoms with van der Waals surface area (Å²) in [7, 11) is 1.92. The molecule has 12 heteroatoms. The van der Waals surface area contributed by atoms with E-state index in [1.807, 2.05) is 11.9 Å². The number of hydrogen-bond donors (Lipinski definition) is 0. The Morgan fingerprint density at radius 3 is 2.57 bits per heavy atom. The molecule has 1 aromatic carbocycles. The van der Waals surface area contributed by atoms with E-state index in [4.69, 9.17) is 4.74 Å². The summed E-state index contributed by atoms with van der Waals surface area (Å²) >= 11 is 0. The van der Waals surface area contributed by atoms with Gasteiger partial charge in [-0.2, -0.15) is 0 Å². The highest BCUT2D eigenvalue weighted by atomic mass is 19.2. The lowest BCUT2D eigenvalue weighted by atomic mass is 10.0. The second-order valence-electron chi connectivity index (χ2n) is 9.26. The van der Waals surface area contributed by atoms with Gasteiger partial charge in [-0.1, -0.05) is 11.3 Å². The van der Waals surface area contributed by atoms with Crippen LogP contribution in [0.2, 0.25) is 0 Å². The first-order valence-corrected chi connectivity index (χ1v) is 11.1. The van der Waals surface area contributed by atoms with Crippen LogP contribution in [0.1, 0.15) is 5.69 Å². The SMILES string of the molecule is CN1C[C@@H]2[C@H](C1)[C@@]2(F)c1ccc(-c2c(F)cc(N3C[C@H](Cn4ccnn4)OC3=O)c(F)c2F)cn1. The first kappa shape index (κ1) is 22.0. The standard InChI is InChI=1S/C23H20F4N6O2/c1-31-10-14-15(11-31)23(14,27)18-3-2-12(7-28-18)19-16(24)6-17(20(25)21(19)26)33-9-13(35-22(33)34)8-32-5-4-29-30-32/h2-7,13-15H,8-11H2,1H3/t13-,14-,15+,23-/m0/s1. The summed E-state index contributed by atoms with van der Waals surface area (Å²) in [4.78, 5) is 19.3. The van der Waals surface area contributed by atoms with Crippen molar-refractivity contribution in [1.29, 1.82) is 0 Å². The van der Waals surface area contributed by atoms with Crippen LogP contribution >= 0.6 is 0 Å². The maximum atomic E-state index is 15.3. The Bertz CT molecular complexity index is 1290. The number of benzene rings is 1. The fourth-order valence-electron chi connectivity index (χ4n) is 5.31. The van der Waals surface area contributed by atoms with Gasteiger partial charge in [-0.15, -0.1) is 5.10 Å². The number of ether oxygens (including phenoxy) is 1. The van der Waals surface area contributed by atoms with Crippen LogP contribution in [0.3, 0.4) is 0 Å². The predicted molar refractivity (Wildman–Crippen MR) is 114 cm³/mol. The van der Waals surface area contributed by atoms with Crippen LogP contribution < -0.4 is 4.90 Å². The van der Waals surface area contributed by atoms with Gasteiger partial charge in [0, 0.05) is 48.9 Å². The maximum absolute atomic E-state index is 15.3. The molecule has 2 aliphatic heterocycles. The van der Waals surface area contributed by atoms with Crippen LogP contribution in [0.15, 0.2) is 36.8 Å². The van der Waals surface area contributed by atoms with Crippen molar-refractivity contribution in [3.8, 4) is 11.1 Å². The highest BCUT2D eigenvalue weighted by Gasteiger charge is 2.70. The molecule has 35 heavy (non-hydrogen) atoms. The monoisotopic (exact) mass is 488 g/mol. The lowest BCUT2D eigenvalue weighted by molar-refractivity contribution is 0.129. The maximum Gasteiger partial charge on any atom is 0.414 e. The zero-order chi connectivity index (χ0) is 24.5. The molecule has 182 valence electrons. The molecule has 3 fully saturated rings. The van der Waals surface area contributed by atoms with Crippen molar-refractivity contribution in [2.24, 2.45) is 11.8 Å². The Balaban J connectivity index is 1.25. The molecule has 0 spiro atoms. The number of alkyl halides is 1. The topological polar surface area (TPSA) is 76.4 Å². The predicted octanol–water partition coefficient (Wildman–Crippen LogP) is 3.14. The number of amides is 1. The Hall–Kier alpha value is -3.54. The van der Waals surface area contributed by atoms with Gasteiger partial charge >= 0.3 is 6.09 Å². The number of rotatable bonds is 5. The van der Waals surface area contributed by atoms with Gasteiger partial charge in [0.15, 0.2) is 17.3 Å². The van der Waals surface area contributed by atoms with E-state index in [9.17, 15) is 4.79 Å². The number of carbonyl (C=O) groups excluding carboxylic acids is 1. The molecule has 2 saturated heterocycles. The fourth-order valence-corrected chi connectivity index (χ4v) is 5.31. The Kier molecular flexibility index (Phi) is 4.85. The van der Waals surface area contributed by atoms with E-state index in [2.05, 4.69) is 15.3 Å². The largest absolute Gasteiger partial charge is 0.442 e. The van der Waals surface area contributed by atoms with Crippen molar-refractivity contribution in [2.45, 2.75) is 18.3 Å². The van der Waals surface area contributed by atoms with Gasteiger partial charge in [-0.3, -0.25) is 9.88 Å². The zero-order valence-corrected chi connectivity index (χ0v) is 18.5. The van der Waals surface area contributed by atoms with Gasteiger partial charge in [-0.05, 0) is 13.1 Å². The van der Waals surface area contributed by atoms with E-state index in [0.29, 0.717) is 13.1 Å². The molecule has 1 amide bonds. The molecule has 0 unspecified atom stereocenters. The first-order chi connectivity index (χ1) is 16.8. The number of likely N-dealkylation sites (tertiary alicyclic amines) is 1. The number of aromatic nitrogens is 4. The van der Waals surface area contributed by atoms with Crippen LogP contribution in [-0.2, 0) is 17.0 Å². The van der Waals surface area contributed by atoms with Crippen molar-refractivity contribution in [1.82, 2.24) is 24.9 Å². The summed E-state index contributed by atoms with van der Waals surface area (Å²) in [6.45, 7) is 1.28. The van der Waals surface area contributed by atoms with Crippen LogP contribution in [-0.4, -0.2) is 63.8 Å². The molecule has 2 aromatic heterocycles. The second-order valence-corrected chi connectivity index (χ2v) is 9.26. The lowest BCUT2D eigenvalue weighted by Crippen LogP contribution is -2.27. The van der Waals surface area contributed by atoms with E-state index in [1.54, 1.807) is 6.20 Å². The van der Waals surface area contributed by atoms with E-state index in [-0.39, 0.29) is 36.2 Å². The summed E-state index contributed by atoms with van der Waals surface area (Å²) in [5, 5.41) is 7.42. The molecular weight excluding hydrogens is 468 g/mol. The van der Waals surface area contributed by atoms with Gasteiger partial charge in [0.25, 0.3) is 0 Å². The van der Waals surface area contributed by atoms with E-state index < -0.39 is 46.6 Å². The second kappa shape index (κ2) is 7.74. The number of anilines is 1. The molecule has 1 aliphatic carbocycles. The molecule has 3 aliphatic rings. The molecule has 6 rings (SSSR count). The van der Waals surface area contributed by atoms with Crippen LogP contribution in [0.25, 0.3) is 11.1 Å². The average Bonchev–Trinajstić information content (AvgIpc) is 3.35. The van der Waals surface area contributed by atoms with Crippen molar-refractivity contribution in [2.75, 3.05) is 31.6 Å². The van der Waals surface area contributed by atoms with Crippen LogP contribution in [0.5, 0.6) is 0 Å². The number of nitrogens with zero attached hydrogens (tertiary/aromatic N) is 6. The summed E-state index contributed by atoms with van der Waals surface area (Å²) < 4.78 is 67.0. The summed E-state index contributed by atoms with van der Waals surface area (Å²) in [5.74, 6) is -4.25. The number of fused-ring (bicyclic) bond motifs is 1. The van der Waals surface area contributed by atoms with Crippen molar-refractivity contribution in [3.63, 3.8) is 0 Å². The highest BCUT2D eigenvalue weighted by Crippen LogP contribution is 2.63. The van der Waals surface area contributed by atoms with E-state index >= 15 is 17.6 Å². The molecule has 8 nitrogen and oxygen atoms in total. The number of piperidine rings is 1. The molecular formula is C23H20F4N6O2. The lowest BCUT2D eigenvalue weighted by Gasteiger charge is -2.18. The Labute approximate surface area is 197 Å². The molecule has 4 heterocycles. The minimum atomic E-state index is -1.55. The molecule has 0 N–H and O–H groups in total. The third kappa shape index (κ3) is 3.38. The van der Waals surface area contributed by atoms with Gasteiger partial charge < -0.3 is 9.64 Å². The first-order valence-electron chi connectivity index (χ1n) is 11.1. The quantitative estimate of drug-likeness (QED) is 0.406. The normalized spacial score (nSPS) is 27.9. The number of hydrogen-bond acceptors (Lipinski definition) is 6. The van der Waals surface area contributed by atoms with Gasteiger partial charge in [-0.25, -0.2) is 27.0 Å². The van der Waals surface area contributed by atoms with E-state index in [0.717, 1.165) is 17.2 Å². The Morgan fingerprint density at radius 2 is 1.91 bits per heavy atom. The molecule has 0 bridgehead atoms. The van der Waals surface area contributed by atoms with Gasteiger partial charge in [0.1, 0.15) is 11.9 Å². The molecule has 0 radical (unpaired) electrons. The van der Waals surface area contributed by atoms with Crippen molar-refractivity contribution in [3.05, 3.63) is 59.9 Å². The number of carbonyl (C=O) groups is 1. The zero-order valence-electron chi connectivity index (χ0n) is 18.5. The summed E-state index contributed by atoms with van der Waals surface area (Å²) in [5.41, 5.74) is -2.58. The summed E-state index contributed by atoms with van der Waals surface area (Å²) in [6.07, 6.45) is 2.51. The number of pyridine rings is 1. The van der Waals surface area contributed by atoms with Gasteiger partial charge in [0.05, 0.1) is 36.2 Å². The van der Waals surface area contributed by atoms with Gasteiger partial charge in [0.2, 0.25) is 0 Å². The van der Waals surface area contributed by atoms with Crippen molar-refractivity contribution >= 4 is 11.8 Å². The van der Waals surface area contributed by atoms with Crippen LogP contribution in [0.4, 0.5) is 28.0 Å². The average molecular weight is 488 g/mol. The minimum Gasteiger partial charge on any atom is -0.442 e. The molecule has 1 saturated carbocycles. The van der Waals surface area contributed by atoms with E-state index in [1.165, 1.54) is 23.0 Å². The number of halogens is 4. The third-order valence-corrected chi connectivity index (χ3v) is 7.08. The third-order valence-electron chi connectivity index (χ3n) is 7.08. The van der Waals surface area contributed by atoms with Crippen molar-refractivity contribution < 1.29 is 27.1 Å². The fraction of sp³-hybridized carbons (Fsp3) is 0.391. The molecule has 3 aromatic rings. The van der Waals surface area contributed by atoms with Crippen LogP contribution in [0, 0.1) is 29.3 Å². The minimum absolute atomic E-state index is 0.0335. The summed E-state index contributed by atoms with van der Waals surface area (Å²) in [6, 6.07) is 3.48. The number of cyclic esters (lactones) is 1.